The van der Waals surface area contributed by atoms with E-state index in [1.807, 2.05) is 36.4 Å². The van der Waals surface area contributed by atoms with E-state index in [4.69, 9.17) is 10.5 Å². The molecule has 0 atom stereocenters. The van der Waals surface area contributed by atoms with Crippen LogP contribution in [0, 0.1) is 11.3 Å². The number of nitriles is 1. The number of nitrogens with one attached hydrogen (secondary N) is 1. The van der Waals surface area contributed by atoms with Crippen molar-refractivity contribution in [3.8, 4) is 23.1 Å². The number of benzene rings is 2. The van der Waals surface area contributed by atoms with Gasteiger partial charge in [-0.2, -0.15) is 5.26 Å². The SMILES string of the molecule is COc1ccc2ncccc2c1-c1[nH]c2ccc(C#N)cc2c1CCCCN. The topological polar surface area (TPSA) is 87.7 Å². The monoisotopic (exact) mass is 370 g/mol. The number of aromatic nitrogens is 2. The van der Waals surface area contributed by atoms with Gasteiger partial charge in [0.05, 0.1) is 30.0 Å². The number of hydrogen-bond acceptors (Lipinski definition) is 4. The van der Waals surface area contributed by atoms with Crippen molar-refractivity contribution in [2.45, 2.75) is 19.3 Å². The van der Waals surface area contributed by atoms with Gasteiger partial charge in [0.1, 0.15) is 5.75 Å². The van der Waals surface area contributed by atoms with Crippen LogP contribution in [-0.4, -0.2) is 23.6 Å². The zero-order valence-electron chi connectivity index (χ0n) is 15.8. The molecule has 28 heavy (non-hydrogen) atoms. The van der Waals surface area contributed by atoms with Crippen LogP contribution in [0.5, 0.6) is 5.75 Å². The largest absolute Gasteiger partial charge is 0.496 e. The number of methoxy groups -OCH3 is 1. The fourth-order valence-electron chi connectivity index (χ4n) is 3.80. The number of pyridine rings is 1. The van der Waals surface area contributed by atoms with Crippen molar-refractivity contribution >= 4 is 21.8 Å². The highest BCUT2D eigenvalue weighted by Gasteiger charge is 2.19. The summed E-state index contributed by atoms with van der Waals surface area (Å²) in [5.74, 6) is 0.799. The molecule has 140 valence electrons. The zero-order valence-corrected chi connectivity index (χ0v) is 15.8. The second-order valence-electron chi connectivity index (χ2n) is 6.81. The van der Waals surface area contributed by atoms with Crippen molar-refractivity contribution in [1.82, 2.24) is 9.97 Å². The molecule has 0 amide bonds. The summed E-state index contributed by atoms with van der Waals surface area (Å²) >= 11 is 0. The van der Waals surface area contributed by atoms with E-state index in [-0.39, 0.29) is 0 Å². The molecular formula is C23H22N4O. The molecule has 0 saturated carbocycles. The van der Waals surface area contributed by atoms with Crippen molar-refractivity contribution in [1.29, 1.82) is 5.26 Å². The molecule has 2 heterocycles. The molecule has 3 N–H and O–H groups in total. The van der Waals surface area contributed by atoms with Gasteiger partial charge in [-0.3, -0.25) is 4.98 Å². The maximum Gasteiger partial charge on any atom is 0.128 e. The second-order valence-corrected chi connectivity index (χ2v) is 6.81. The lowest BCUT2D eigenvalue weighted by atomic mass is 9.96. The Hall–Kier alpha value is -3.36. The molecule has 0 unspecified atom stereocenters. The number of aromatic amines is 1. The third kappa shape index (κ3) is 3.08. The Kier molecular flexibility index (Phi) is 4.96. The fraction of sp³-hybridized carbons (Fsp3) is 0.217. The van der Waals surface area contributed by atoms with Crippen LogP contribution in [0.25, 0.3) is 33.1 Å². The first-order valence-electron chi connectivity index (χ1n) is 9.43. The third-order valence-corrected chi connectivity index (χ3v) is 5.13. The van der Waals surface area contributed by atoms with Crippen LogP contribution >= 0.6 is 0 Å². The number of nitrogens with two attached hydrogens (primary N) is 1. The van der Waals surface area contributed by atoms with Gasteiger partial charge < -0.3 is 15.5 Å². The highest BCUT2D eigenvalue weighted by atomic mass is 16.5. The number of aryl methyl sites for hydroxylation is 1. The lowest BCUT2D eigenvalue weighted by Gasteiger charge is -2.13. The van der Waals surface area contributed by atoms with E-state index in [0.717, 1.165) is 58.1 Å². The average molecular weight is 370 g/mol. The Morgan fingerprint density at radius 3 is 2.82 bits per heavy atom. The number of hydrogen-bond donors (Lipinski definition) is 2. The Morgan fingerprint density at radius 1 is 1.14 bits per heavy atom. The number of H-pyrrole nitrogens is 1. The molecule has 0 fully saturated rings. The van der Waals surface area contributed by atoms with E-state index in [1.165, 1.54) is 5.56 Å². The van der Waals surface area contributed by atoms with Gasteiger partial charge in [0.25, 0.3) is 0 Å². The predicted octanol–water partition coefficient (Wildman–Crippen LogP) is 4.54. The van der Waals surface area contributed by atoms with E-state index in [2.05, 4.69) is 22.1 Å². The first-order chi connectivity index (χ1) is 13.8. The van der Waals surface area contributed by atoms with Crippen molar-refractivity contribution in [3.05, 3.63) is 59.8 Å². The highest BCUT2D eigenvalue weighted by Crippen LogP contribution is 2.40. The molecule has 4 rings (SSSR count). The number of rotatable bonds is 6. The lowest BCUT2D eigenvalue weighted by Crippen LogP contribution is -2.00. The summed E-state index contributed by atoms with van der Waals surface area (Å²) in [6.07, 6.45) is 4.61. The Bertz CT molecular complexity index is 1190. The van der Waals surface area contributed by atoms with Crippen LogP contribution in [0.1, 0.15) is 24.0 Å². The molecule has 0 aliphatic rings. The van der Waals surface area contributed by atoms with Gasteiger partial charge >= 0.3 is 0 Å². The Labute approximate surface area is 163 Å². The van der Waals surface area contributed by atoms with Gasteiger partial charge in [0.2, 0.25) is 0 Å². The van der Waals surface area contributed by atoms with Crippen molar-refractivity contribution in [3.63, 3.8) is 0 Å². The van der Waals surface area contributed by atoms with Crippen LogP contribution < -0.4 is 10.5 Å². The summed E-state index contributed by atoms with van der Waals surface area (Å²) in [5.41, 5.74) is 11.5. The van der Waals surface area contributed by atoms with E-state index < -0.39 is 0 Å². The first kappa shape index (κ1) is 18.0. The van der Waals surface area contributed by atoms with Crippen LogP contribution in [0.3, 0.4) is 0 Å². The second kappa shape index (κ2) is 7.71. The number of fused-ring (bicyclic) bond motifs is 2. The van der Waals surface area contributed by atoms with Crippen molar-refractivity contribution in [2.24, 2.45) is 5.73 Å². The minimum Gasteiger partial charge on any atom is -0.496 e. The summed E-state index contributed by atoms with van der Waals surface area (Å²) in [6, 6.07) is 16.0. The van der Waals surface area contributed by atoms with Gasteiger partial charge in [-0.25, -0.2) is 0 Å². The molecule has 0 radical (unpaired) electrons. The number of unbranched alkanes of at least 4 members (excludes halogenated alkanes) is 1. The van der Waals surface area contributed by atoms with Crippen LogP contribution in [0.4, 0.5) is 0 Å². The molecule has 0 spiro atoms. The number of nitrogens with zero attached hydrogens (tertiary/aromatic N) is 2. The smallest absolute Gasteiger partial charge is 0.128 e. The molecule has 2 aromatic heterocycles. The van der Waals surface area contributed by atoms with Crippen LogP contribution in [0.15, 0.2) is 48.7 Å². The lowest BCUT2D eigenvalue weighted by molar-refractivity contribution is 0.417. The summed E-state index contributed by atoms with van der Waals surface area (Å²) in [4.78, 5) is 8.08. The van der Waals surface area contributed by atoms with Crippen molar-refractivity contribution < 1.29 is 4.74 Å². The average Bonchev–Trinajstić information content (AvgIpc) is 3.10. The minimum atomic E-state index is 0.657. The zero-order chi connectivity index (χ0) is 19.5. The summed E-state index contributed by atoms with van der Waals surface area (Å²) in [6.45, 7) is 0.669. The maximum absolute atomic E-state index is 9.34. The van der Waals surface area contributed by atoms with Crippen LogP contribution in [-0.2, 0) is 6.42 Å². The van der Waals surface area contributed by atoms with Gasteiger partial charge in [0, 0.05) is 28.0 Å². The maximum atomic E-state index is 9.34. The molecule has 4 aromatic rings. The fourth-order valence-corrected chi connectivity index (χ4v) is 3.80. The van der Waals surface area contributed by atoms with E-state index in [0.29, 0.717) is 12.1 Å². The molecule has 0 aliphatic carbocycles. The highest BCUT2D eigenvalue weighted by molar-refractivity contribution is 6.02. The Morgan fingerprint density at radius 2 is 2.04 bits per heavy atom. The van der Waals surface area contributed by atoms with E-state index in [9.17, 15) is 5.26 Å². The standard InChI is InChI=1S/C23H22N4O/c1-28-21-10-9-19-17(6-4-12-26-19)22(21)23-16(5-2-3-11-24)18-13-15(14-25)7-8-20(18)27-23/h4,6-10,12-13,27H,2-3,5,11,24H2,1H3. The first-order valence-corrected chi connectivity index (χ1v) is 9.43. The number of ether oxygens (including phenoxy) is 1. The molecule has 0 bridgehead atoms. The van der Waals surface area contributed by atoms with Gasteiger partial charge in [0.15, 0.2) is 0 Å². The Balaban J connectivity index is 2.02. The normalized spacial score (nSPS) is 11.0. The quantitative estimate of drug-likeness (QED) is 0.488. The molecule has 2 aromatic carbocycles. The molecule has 5 nitrogen and oxygen atoms in total. The van der Waals surface area contributed by atoms with E-state index >= 15 is 0 Å². The van der Waals surface area contributed by atoms with Gasteiger partial charge in [-0.05, 0) is 67.8 Å². The molecule has 0 saturated heterocycles. The predicted molar refractivity (Wildman–Crippen MR) is 112 cm³/mol. The third-order valence-electron chi connectivity index (χ3n) is 5.13. The molecule has 0 aliphatic heterocycles. The summed E-state index contributed by atoms with van der Waals surface area (Å²) < 4.78 is 5.71. The molecular weight excluding hydrogens is 348 g/mol. The van der Waals surface area contributed by atoms with E-state index in [1.54, 1.807) is 13.3 Å². The summed E-state index contributed by atoms with van der Waals surface area (Å²) in [5, 5.41) is 11.5. The molecule has 5 heteroatoms. The van der Waals surface area contributed by atoms with Gasteiger partial charge in [-0.1, -0.05) is 6.07 Å². The minimum absolute atomic E-state index is 0.657. The van der Waals surface area contributed by atoms with Gasteiger partial charge in [-0.15, -0.1) is 0 Å². The summed E-state index contributed by atoms with van der Waals surface area (Å²) in [7, 11) is 1.69. The van der Waals surface area contributed by atoms with Crippen molar-refractivity contribution in [2.75, 3.05) is 13.7 Å². The van der Waals surface area contributed by atoms with Crippen LogP contribution in [0.2, 0.25) is 0 Å².